The van der Waals surface area contributed by atoms with Crippen LogP contribution in [0.25, 0.3) is 0 Å². The Labute approximate surface area is 228 Å². The molecule has 0 bridgehead atoms. The Morgan fingerprint density at radius 2 is 1.62 bits per heavy atom. The van der Waals surface area contributed by atoms with Crippen LogP contribution in [0.3, 0.4) is 0 Å². The summed E-state index contributed by atoms with van der Waals surface area (Å²) >= 11 is 0. The van der Waals surface area contributed by atoms with Gasteiger partial charge in [-0.2, -0.15) is 0 Å². The minimum atomic E-state index is -1.06. The Morgan fingerprint density at radius 1 is 0.973 bits per heavy atom. The highest BCUT2D eigenvalue weighted by molar-refractivity contribution is 5.42. The van der Waals surface area contributed by atoms with Gasteiger partial charge in [-0.15, -0.1) is 0 Å². The summed E-state index contributed by atoms with van der Waals surface area (Å²) in [5, 5.41) is 23.6. The highest BCUT2D eigenvalue weighted by atomic mass is 16.7. The van der Waals surface area contributed by atoms with Gasteiger partial charge in [0.05, 0.1) is 6.10 Å². The molecule has 3 aliphatic rings. The van der Waals surface area contributed by atoms with E-state index in [9.17, 15) is 10.2 Å². The molecule has 214 valence electrons. The number of allylic oxidation sites excluding steroid dienone is 1. The van der Waals surface area contributed by atoms with Gasteiger partial charge in [0.2, 0.25) is 0 Å². The van der Waals surface area contributed by atoms with E-state index in [1.807, 2.05) is 6.08 Å². The maximum absolute atomic E-state index is 12.8. The van der Waals surface area contributed by atoms with Crippen LogP contribution in [0, 0.1) is 39.9 Å². The van der Waals surface area contributed by atoms with E-state index in [1.54, 1.807) is 14.2 Å². The van der Waals surface area contributed by atoms with E-state index in [1.165, 1.54) is 24.0 Å². The lowest BCUT2D eigenvalue weighted by molar-refractivity contribution is -0.153. The van der Waals surface area contributed by atoms with Crippen LogP contribution in [-0.4, -0.2) is 42.4 Å². The van der Waals surface area contributed by atoms with Gasteiger partial charge in [0, 0.05) is 26.1 Å². The van der Waals surface area contributed by atoms with Gasteiger partial charge in [0.25, 0.3) is 0 Å². The Bertz CT molecular complexity index is 826. The van der Waals surface area contributed by atoms with Crippen LogP contribution in [0.1, 0.15) is 113 Å². The zero-order valence-corrected chi connectivity index (χ0v) is 25.5. The molecule has 0 spiro atoms. The van der Waals surface area contributed by atoms with Crippen LogP contribution in [0.15, 0.2) is 23.8 Å². The molecular weight excluding hydrogens is 460 g/mol. The number of ether oxygens (including phenoxy) is 2. The van der Waals surface area contributed by atoms with Crippen LogP contribution in [-0.2, 0) is 9.47 Å². The molecule has 4 heteroatoms. The zero-order chi connectivity index (χ0) is 27.8. The molecule has 0 amide bonds. The van der Waals surface area contributed by atoms with Crippen molar-refractivity contribution in [1.29, 1.82) is 0 Å². The summed E-state index contributed by atoms with van der Waals surface area (Å²) in [6, 6.07) is 0. The van der Waals surface area contributed by atoms with Gasteiger partial charge >= 0.3 is 0 Å². The van der Waals surface area contributed by atoms with Gasteiger partial charge in [-0.1, -0.05) is 86.0 Å². The minimum Gasteiger partial charge on any atom is -0.393 e. The first-order chi connectivity index (χ1) is 17.2. The lowest BCUT2D eigenvalue weighted by Crippen LogP contribution is -2.59. The summed E-state index contributed by atoms with van der Waals surface area (Å²) < 4.78 is 11.4. The number of hydrogen-bond acceptors (Lipinski definition) is 4. The smallest absolute Gasteiger partial charge is 0.157 e. The van der Waals surface area contributed by atoms with E-state index in [-0.39, 0.29) is 34.6 Å². The number of rotatable bonds is 11. The molecule has 0 radical (unpaired) electrons. The zero-order valence-electron chi connectivity index (χ0n) is 25.5. The van der Waals surface area contributed by atoms with Crippen LogP contribution in [0.5, 0.6) is 0 Å². The number of aliphatic hydroxyl groups is 2. The van der Waals surface area contributed by atoms with Crippen molar-refractivity contribution in [3.63, 3.8) is 0 Å². The van der Waals surface area contributed by atoms with Crippen molar-refractivity contribution in [2.75, 3.05) is 14.2 Å². The average Bonchev–Trinajstić information content (AvgIpc) is 2.84. The first kappa shape index (κ1) is 30.9. The van der Waals surface area contributed by atoms with Crippen molar-refractivity contribution in [3.05, 3.63) is 23.8 Å². The van der Waals surface area contributed by atoms with E-state index in [0.717, 1.165) is 51.4 Å². The first-order valence-electron chi connectivity index (χ1n) is 15.1. The Balaban J connectivity index is 2.05. The molecule has 3 aliphatic carbocycles. The molecule has 1 saturated carbocycles. The highest BCUT2D eigenvalue weighted by Gasteiger charge is 2.61. The lowest BCUT2D eigenvalue weighted by Gasteiger charge is -2.62. The molecule has 4 nitrogen and oxygen atoms in total. The fourth-order valence-electron chi connectivity index (χ4n) is 9.14. The summed E-state index contributed by atoms with van der Waals surface area (Å²) in [6.07, 6.45) is 11.3. The largest absolute Gasteiger partial charge is 0.393 e. The fraction of sp³-hybridized carbons (Fsp3) is 0.879. The lowest BCUT2D eigenvalue weighted by atomic mass is 9.43. The van der Waals surface area contributed by atoms with Crippen molar-refractivity contribution >= 4 is 0 Å². The minimum absolute atomic E-state index is 0.0224. The molecule has 7 atom stereocenters. The second-order valence-electron chi connectivity index (χ2n) is 14.3. The van der Waals surface area contributed by atoms with E-state index in [0.29, 0.717) is 17.8 Å². The third-order valence-corrected chi connectivity index (χ3v) is 11.6. The van der Waals surface area contributed by atoms with Crippen molar-refractivity contribution < 1.29 is 19.7 Å². The summed E-state index contributed by atoms with van der Waals surface area (Å²) in [5.74, 6) is 1.80. The molecule has 0 heterocycles. The number of methoxy groups -OCH3 is 2. The maximum atomic E-state index is 12.8. The van der Waals surface area contributed by atoms with Crippen molar-refractivity contribution in [1.82, 2.24) is 0 Å². The highest BCUT2D eigenvalue weighted by Crippen LogP contribution is 2.66. The third kappa shape index (κ3) is 5.26. The number of hydrogen-bond donors (Lipinski definition) is 2. The quantitative estimate of drug-likeness (QED) is 0.217. The van der Waals surface area contributed by atoms with Gasteiger partial charge in [-0.3, -0.25) is 0 Å². The van der Waals surface area contributed by atoms with Crippen LogP contribution in [0.4, 0.5) is 0 Å². The summed E-state index contributed by atoms with van der Waals surface area (Å²) in [6.45, 7) is 20.5. The van der Waals surface area contributed by atoms with Crippen LogP contribution in [0.2, 0.25) is 0 Å². The van der Waals surface area contributed by atoms with E-state index in [2.05, 4.69) is 55.0 Å². The second kappa shape index (κ2) is 11.4. The Morgan fingerprint density at radius 3 is 2.19 bits per heavy atom. The van der Waals surface area contributed by atoms with Gasteiger partial charge < -0.3 is 19.7 Å². The summed E-state index contributed by atoms with van der Waals surface area (Å²) in [4.78, 5) is 0. The molecule has 1 unspecified atom stereocenters. The SMILES string of the molecule is C=CC1(O)C2=C(CC[C@]1(C)[C@H](CC(OC)OC)[C@H](C)CCCC(C)C)[C@@]1(C)CC[C@H](O)C(C)(C)[C@@H]1CC2. The van der Waals surface area contributed by atoms with E-state index >= 15 is 0 Å². The topological polar surface area (TPSA) is 58.9 Å². The Hall–Kier alpha value is -0.680. The van der Waals surface area contributed by atoms with E-state index in [4.69, 9.17) is 9.47 Å². The molecule has 0 aliphatic heterocycles. The van der Waals surface area contributed by atoms with Crippen molar-refractivity contribution in [2.24, 2.45) is 39.9 Å². The van der Waals surface area contributed by atoms with Crippen molar-refractivity contribution in [3.8, 4) is 0 Å². The molecule has 0 saturated heterocycles. The molecule has 37 heavy (non-hydrogen) atoms. The Kier molecular flexibility index (Phi) is 9.54. The third-order valence-electron chi connectivity index (χ3n) is 11.6. The standard InChI is InChI=1S/C33H58O4/c1-11-33(35)25-15-16-27-30(5,6)28(34)18-19-31(27,7)24(25)17-20-32(33,8)26(21-29(36-9)37-10)23(4)14-12-13-22(2)3/h11,22-23,26-29,34-35H,1,12-21H2,2-10H3/t23-,26-,27+,28+,31-,32-,33?/m1/s1. The number of aliphatic hydroxyl groups excluding tert-OH is 1. The molecule has 0 aromatic heterocycles. The van der Waals surface area contributed by atoms with Gasteiger partial charge in [-0.25, -0.2) is 0 Å². The predicted molar refractivity (Wildman–Crippen MR) is 153 cm³/mol. The van der Waals surface area contributed by atoms with Gasteiger partial charge in [-0.05, 0) is 78.6 Å². The second-order valence-corrected chi connectivity index (χ2v) is 14.3. The number of fused-ring (bicyclic) bond motifs is 2. The van der Waals surface area contributed by atoms with Crippen LogP contribution < -0.4 is 0 Å². The van der Waals surface area contributed by atoms with E-state index < -0.39 is 5.60 Å². The molecular formula is C33H58O4. The first-order valence-corrected chi connectivity index (χ1v) is 15.1. The molecule has 0 aromatic carbocycles. The summed E-state index contributed by atoms with van der Waals surface area (Å²) in [7, 11) is 3.44. The predicted octanol–water partition coefficient (Wildman–Crippen LogP) is 7.69. The maximum Gasteiger partial charge on any atom is 0.157 e. The van der Waals surface area contributed by atoms with Crippen LogP contribution >= 0.6 is 0 Å². The average molecular weight is 519 g/mol. The monoisotopic (exact) mass is 518 g/mol. The molecule has 1 fully saturated rings. The van der Waals surface area contributed by atoms with Gasteiger partial charge in [0.1, 0.15) is 5.60 Å². The van der Waals surface area contributed by atoms with Gasteiger partial charge in [0.15, 0.2) is 6.29 Å². The molecule has 3 rings (SSSR count). The molecule has 2 N–H and O–H groups in total. The normalized spacial score (nSPS) is 37.3. The fourth-order valence-corrected chi connectivity index (χ4v) is 9.14. The molecule has 0 aromatic rings. The van der Waals surface area contributed by atoms with Crippen molar-refractivity contribution in [2.45, 2.75) is 131 Å². The summed E-state index contributed by atoms with van der Waals surface area (Å²) in [5.41, 5.74) is 1.19.